The zero-order chi connectivity index (χ0) is 8.69. The molecule has 0 amide bonds. The second-order valence-corrected chi connectivity index (χ2v) is 1.80. The molecule has 0 spiro atoms. The highest BCUT2D eigenvalue weighted by Crippen LogP contribution is 1.86. The predicted molar refractivity (Wildman–Crippen MR) is 40.3 cm³/mol. The van der Waals surface area contributed by atoms with Crippen molar-refractivity contribution in [3.8, 4) is 0 Å². The molecule has 11 heavy (non-hydrogen) atoms. The van der Waals surface area contributed by atoms with Crippen LogP contribution in [-0.2, 0) is 9.57 Å². The van der Waals surface area contributed by atoms with Gasteiger partial charge in [-0.25, -0.2) is 4.79 Å². The largest absolute Gasteiger partial charge is 0.535 e. The summed E-state index contributed by atoms with van der Waals surface area (Å²) in [5.74, 6) is 0. The van der Waals surface area contributed by atoms with Crippen molar-refractivity contribution >= 4 is 11.9 Å². The van der Waals surface area contributed by atoms with Crippen molar-refractivity contribution < 1.29 is 14.4 Å². The van der Waals surface area contributed by atoms with E-state index in [4.69, 9.17) is 5.73 Å². The maximum atomic E-state index is 10.5. The molecular formula is C6H12N2O3. The van der Waals surface area contributed by atoms with Gasteiger partial charge >= 0.3 is 6.16 Å². The zero-order valence-corrected chi connectivity index (χ0v) is 6.66. The van der Waals surface area contributed by atoms with Gasteiger partial charge in [0.15, 0.2) is 0 Å². The van der Waals surface area contributed by atoms with Crippen LogP contribution in [0.3, 0.4) is 0 Å². The lowest BCUT2D eigenvalue weighted by atomic mass is 10.4. The Bertz CT molecular complexity index is 156. The van der Waals surface area contributed by atoms with Gasteiger partial charge in [-0.05, 0) is 13.8 Å². The second kappa shape index (κ2) is 5.67. The van der Waals surface area contributed by atoms with Crippen molar-refractivity contribution in [3.63, 3.8) is 0 Å². The lowest BCUT2D eigenvalue weighted by Gasteiger charge is -1.97. The Hall–Kier alpha value is -1.10. The maximum absolute atomic E-state index is 10.5. The van der Waals surface area contributed by atoms with Gasteiger partial charge in [-0.3, -0.25) is 4.84 Å². The molecule has 0 saturated heterocycles. The first kappa shape index (κ1) is 9.90. The van der Waals surface area contributed by atoms with Crippen LogP contribution in [-0.4, -0.2) is 25.0 Å². The fraction of sp³-hybridized carbons (Fsp3) is 0.667. The number of oxime groups is 1. The molecule has 0 aliphatic carbocycles. The van der Waals surface area contributed by atoms with Gasteiger partial charge in [-0.1, -0.05) is 5.16 Å². The van der Waals surface area contributed by atoms with Gasteiger partial charge in [-0.2, -0.15) is 0 Å². The quantitative estimate of drug-likeness (QED) is 0.282. The van der Waals surface area contributed by atoms with Crippen molar-refractivity contribution in [1.82, 2.24) is 0 Å². The molecule has 0 fully saturated rings. The third-order valence-corrected chi connectivity index (χ3v) is 0.834. The Labute approximate surface area is 65.1 Å². The SMILES string of the molecule is CCOC(=O)ON=C(C)CN. The van der Waals surface area contributed by atoms with Crippen LogP contribution in [0.25, 0.3) is 0 Å². The van der Waals surface area contributed by atoms with Crippen molar-refractivity contribution in [1.29, 1.82) is 0 Å². The van der Waals surface area contributed by atoms with E-state index in [2.05, 4.69) is 14.7 Å². The Morgan fingerprint density at radius 2 is 2.27 bits per heavy atom. The lowest BCUT2D eigenvalue weighted by molar-refractivity contribution is 0.0612. The molecule has 0 heterocycles. The summed E-state index contributed by atoms with van der Waals surface area (Å²) < 4.78 is 4.43. The van der Waals surface area contributed by atoms with E-state index < -0.39 is 6.16 Å². The standard InChI is InChI=1S/C6H12N2O3/c1-3-10-6(9)11-8-5(2)4-7/h3-4,7H2,1-2H3. The highest BCUT2D eigenvalue weighted by Gasteiger charge is 1.99. The number of carbonyl (C=O) groups is 1. The number of nitrogens with zero attached hydrogens (tertiary/aromatic N) is 1. The molecule has 0 saturated carbocycles. The molecule has 0 atom stereocenters. The van der Waals surface area contributed by atoms with E-state index in [-0.39, 0.29) is 13.2 Å². The molecule has 0 radical (unpaired) electrons. The number of rotatable bonds is 3. The maximum Gasteiger partial charge on any atom is 0.535 e. The zero-order valence-electron chi connectivity index (χ0n) is 6.66. The molecule has 0 rings (SSSR count). The first-order chi connectivity index (χ1) is 5.20. The molecule has 5 nitrogen and oxygen atoms in total. The highest BCUT2D eigenvalue weighted by atomic mass is 16.8. The molecule has 0 aromatic heterocycles. The Morgan fingerprint density at radius 3 is 2.73 bits per heavy atom. The monoisotopic (exact) mass is 160 g/mol. The smallest absolute Gasteiger partial charge is 0.433 e. The minimum Gasteiger partial charge on any atom is -0.433 e. The van der Waals surface area contributed by atoms with E-state index in [0.717, 1.165) is 0 Å². The molecular weight excluding hydrogens is 148 g/mol. The number of hydrogen-bond acceptors (Lipinski definition) is 5. The van der Waals surface area contributed by atoms with Gasteiger partial charge in [0.1, 0.15) is 0 Å². The summed E-state index contributed by atoms with van der Waals surface area (Å²) in [4.78, 5) is 14.8. The van der Waals surface area contributed by atoms with Crippen LogP contribution < -0.4 is 5.73 Å². The molecule has 0 aliphatic heterocycles. The highest BCUT2D eigenvalue weighted by molar-refractivity contribution is 5.83. The van der Waals surface area contributed by atoms with Crippen molar-refractivity contribution in [2.75, 3.05) is 13.2 Å². The molecule has 0 aliphatic rings. The van der Waals surface area contributed by atoms with Gasteiger partial charge in [0.25, 0.3) is 0 Å². The minimum atomic E-state index is -0.805. The molecule has 2 N–H and O–H groups in total. The Kier molecular flexibility index (Phi) is 5.10. The van der Waals surface area contributed by atoms with E-state index in [0.29, 0.717) is 5.71 Å². The third-order valence-electron chi connectivity index (χ3n) is 0.834. The topological polar surface area (TPSA) is 73.9 Å². The molecule has 0 aromatic carbocycles. The van der Waals surface area contributed by atoms with Gasteiger partial charge in [-0.15, -0.1) is 0 Å². The van der Waals surface area contributed by atoms with Crippen LogP contribution >= 0.6 is 0 Å². The van der Waals surface area contributed by atoms with Crippen molar-refractivity contribution in [3.05, 3.63) is 0 Å². The second-order valence-electron chi connectivity index (χ2n) is 1.80. The van der Waals surface area contributed by atoms with E-state index in [1.165, 1.54) is 0 Å². The van der Waals surface area contributed by atoms with Crippen LogP contribution in [0.1, 0.15) is 13.8 Å². The fourth-order valence-corrected chi connectivity index (χ4v) is 0.297. The van der Waals surface area contributed by atoms with Crippen molar-refractivity contribution in [2.45, 2.75) is 13.8 Å². The summed E-state index contributed by atoms with van der Waals surface area (Å²) in [6.45, 7) is 3.87. The summed E-state index contributed by atoms with van der Waals surface area (Å²) in [6.07, 6.45) is -0.805. The van der Waals surface area contributed by atoms with E-state index in [1.807, 2.05) is 0 Å². The Morgan fingerprint density at radius 1 is 1.64 bits per heavy atom. The molecule has 64 valence electrons. The first-order valence-electron chi connectivity index (χ1n) is 3.28. The van der Waals surface area contributed by atoms with Gasteiger partial charge in [0.2, 0.25) is 0 Å². The lowest BCUT2D eigenvalue weighted by Crippen LogP contribution is -2.12. The number of hydrogen-bond donors (Lipinski definition) is 1. The van der Waals surface area contributed by atoms with Crippen LogP contribution in [0, 0.1) is 0 Å². The molecule has 0 aromatic rings. The summed E-state index contributed by atoms with van der Waals surface area (Å²) in [7, 11) is 0. The van der Waals surface area contributed by atoms with Crippen LogP contribution in [0.2, 0.25) is 0 Å². The molecule has 5 heteroatoms. The number of nitrogens with two attached hydrogens (primary N) is 1. The fourth-order valence-electron chi connectivity index (χ4n) is 0.297. The summed E-state index contributed by atoms with van der Waals surface area (Å²) in [5, 5.41) is 3.38. The molecule has 0 unspecified atom stereocenters. The number of ether oxygens (including phenoxy) is 1. The summed E-state index contributed by atoms with van der Waals surface area (Å²) in [6, 6.07) is 0. The Balaban J connectivity index is 3.60. The minimum absolute atomic E-state index is 0.263. The molecule has 0 bridgehead atoms. The van der Waals surface area contributed by atoms with Gasteiger partial charge in [0.05, 0.1) is 12.3 Å². The van der Waals surface area contributed by atoms with E-state index in [9.17, 15) is 4.79 Å². The normalized spacial score (nSPS) is 11.0. The van der Waals surface area contributed by atoms with Gasteiger partial charge in [0, 0.05) is 6.54 Å². The van der Waals surface area contributed by atoms with Crippen LogP contribution in [0.4, 0.5) is 4.79 Å². The average molecular weight is 160 g/mol. The van der Waals surface area contributed by atoms with E-state index >= 15 is 0 Å². The first-order valence-corrected chi connectivity index (χ1v) is 3.28. The predicted octanol–water partition coefficient (Wildman–Crippen LogP) is 0.494. The summed E-state index contributed by atoms with van der Waals surface area (Å²) in [5.41, 5.74) is 5.71. The number of carbonyl (C=O) groups excluding carboxylic acids is 1. The van der Waals surface area contributed by atoms with E-state index in [1.54, 1.807) is 13.8 Å². The van der Waals surface area contributed by atoms with Gasteiger partial charge < -0.3 is 10.5 Å². The van der Waals surface area contributed by atoms with Crippen LogP contribution in [0.5, 0.6) is 0 Å². The van der Waals surface area contributed by atoms with Crippen LogP contribution in [0.15, 0.2) is 5.16 Å². The summed E-state index contributed by atoms with van der Waals surface area (Å²) >= 11 is 0. The third kappa shape index (κ3) is 5.35. The van der Waals surface area contributed by atoms with Crippen molar-refractivity contribution in [2.24, 2.45) is 10.9 Å². The average Bonchev–Trinajstić information content (AvgIpc) is 2.01.